The first-order valence-corrected chi connectivity index (χ1v) is 6.40. The molecule has 2 unspecified atom stereocenters. The molecule has 0 radical (unpaired) electrons. The summed E-state index contributed by atoms with van der Waals surface area (Å²) < 4.78 is 1.88. The Kier molecular flexibility index (Phi) is 4.58. The second kappa shape index (κ2) is 5.38. The molecule has 1 rings (SSSR count). The number of aryl methyl sites for hydroxylation is 1. The highest BCUT2D eigenvalue weighted by Gasteiger charge is 2.36. The zero-order valence-corrected chi connectivity index (χ0v) is 12.1. The first-order valence-electron chi connectivity index (χ1n) is 6.02. The summed E-state index contributed by atoms with van der Waals surface area (Å²) >= 11 is 6.20. The fourth-order valence-electron chi connectivity index (χ4n) is 2.04. The maximum atomic E-state index is 6.42. The van der Waals surface area contributed by atoms with Crippen LogP contribution in [-0.2, 0) is 6.54 Å². The maximum Gasteiger partial charge on any atom is 0.0834 e. The second-order valence-corrected chi connectivity index (χ2v) is 5.18. The molecule has 0 aromatic carbocycles. The van der Waals surface area contributed by atoms with Crippen molar-refractivity contribution in [2.75, 3.05) is 14.1 Å². The van der Waals surface area contributed by atoms with Crippen LogP contribution in [0.4, 0.5) is 0 Å². The van der Waals surface area contributed by atoms with Gasteiger partial charge in [-0.1, -0.05) is 18.5 Å². The molecule has 0 saturated heterocycles. The summed E-state index contributed by atoms with van der Waals surface area (Å²) in [6, 6.07) is -0.155. The van der Waals surface area contributed by atoms with Gasteiger partial charge in [0.05, 0.1) is 23.0 Å². The number of likely N-dealkylation sites (N-methyl/N-ethyl adjacent to an activating group) is 1. The van der Waals surface area contributed by atoms with Gasteiger partial charge in [-0.25, -0.2) is 0 Å². The van der Waals surface area contributed by atoms with E-state index >= 15 is 0 Å². The minimum Gasteiger partial charge on any atom is -0.321 e. The largest absolute Gasteiger partial charge is 0.321 e. The SMILES string of the molecule is CCn1ncc(Cl)c1C(N)C(C)(CC)N(C)C. The maximum absolute atomic E-state index is 6.42. The van der Waals surface area contributed by atoms with Gasteiger partial charge in [0.15, 0.2) is 0 Å². The van der Waals surface area contributed by atoms with Gasteiger partial charge in [-0.15, -0.1) is 0 Å². The molecule has 5 heteroatoms. The Morgan fingerprint density at radius 3 is 2.53 bits per heavy atom. The number of halogens is 1. The number of nitrogens with zero attached hydrogens (tertiary/aromatic N) is 3. The average Bonchev–Trinajstić information content (AvgIpc) is 2.67. The highest BCUT2D eigenvalue weighted by atomic mass is 35.5. The Morgan fingerprint density at radius 1 is 1.53 bits per heavy atom. The van der Waals surface area contributed by atoms with Crippen molar-refractivity contribution in [2.45, 2.75) is 45.3 Å². The lowest BCUT2D eigenvalue weighted by molar-refractivity contribution is 0.128. The summed E-state index contributed by atoms with van der Waals surface area (Å²) in [5.41, 5.74) is 7.21. The lowest BCUT2D eigenvalue weighted by Crippen LogP contribution is -2.50. The number of aromatic nitrogens is 2. The van der Waals surface area contributed by atoms with Crippen LogP contribution in [0.2, 0.25) is 5.02 Å². The van der Waals surface area contributed by atoms with Crippen LogP contribution in [-0.4, -0.2) is 34.3 Å². The lowest BCUT2D eigenvalue weighted by atomic mass is 9.86. The van der Waals surface area contributed by atoms with Crippen molar-refractivity contribution >= 4 is 11.6 Å². The Balaban J connectivity index is 3.18. The van der Waals surface area contributed by atoms with E-state index in [1.807, 2.05) is 25.7 Å². The zero-order valence-electron chi connectivity index (χ0n) is 11.4. The van der Waals surface area contributed by atoms with Gasteiger partial charge in [-0.3, -0.25) is 4.68 Å². The van der Waals surface area contributed by atoms with Gasteiger partial charge in [0.1, 0.15) is 0 Å². The van der Waals surface area contributed by atoms with Crippen molar-refractivity contribution < 1.29 is 0 Å². The topological polar surface area (TPSA) is 47.1 Å². The van der Waals surface area contributed by atoms with E-state index in [1.165, 1.54) is 0 Å². The number of hydrogen-bond donors (Lipinski definition) is 1. The predicted octanol–water partition coefficient (Wildman–Crippen LogP) is 2.29. The summed E-state index contributed by atoms with van der Waals surface area (Å²) in [6.45, 7) is 7.11. The summed E-state index contributed by atoms with van der Waals surface area (Å²) in [5, 5.41) is 4.90. The van der Waals surface area contributed by atoms with Gasteiger partial charge < -0.3 is 10.6 Å². The molecule has 2 N–H and O–H groups in total. The van der Waals surface area contributed by atoms with Crippen LogP contribution in [0, 0.1) is 0 Å². The summed E-state index contributed by atoms with van der Waals surface area (Å²) in [7, 11) is 4.09. The Labute approximate surface area is 109 Å². The zero-order chi connectivity index (χ0) is 13.2. The molecular weight excluding hydrogens is 236 g/mol. The monoisotopic (exact) mass is 258 g/mol. The van der Waals surface area contributed by atoms with E-state index in [0.717, 1.165) is 18.7 Å². The normalized spacial score (nSPS) is 17.2. The van der Waals surface area contributed by atoms with Gasteiger partial charge >= 0.3 is 0 Å². The number of hydrogen-bond acceptors (Lipinski definition) is 3. The van der Waals surface area contributed by atoms with E-state index in [9.17, 15) is 0 Å². The van der Waals surface area contributed by atoms with E-state index in [2.05, 4.69) is 23.8 Å². The minimum atomic E-state index is -0.155. The Bertz CT molecular complexity index is 375. The van der Waals surface area contributed by atoms with Gasteiger partial charge in [0, 0.05) is 12.1 Å². The summed E-state index contributed by atoms with van der Waals surface area (Å²) in [4.78, 5) is 2.15. The third-order valence-corrected chi connectivity index (χ3v) is 4.13. The molecule has 2 atom stereocenters. The van der Waals surface area contributed by atoms with Crippen molar-refractivity contribution in [1.82, 2.24) is 14.7 Å². The molecule has 1 aromatic rings. The smallest absolute Gasteiger partial charge is 0.0834 e. The molecule has 0 aliphatic heterocycles. The first kappa shape index (κ1) is 14.5. The molecule has 1 aromatic heterocycles. The van der Waals surface area contributed by atoms with Crippen LogP contribution in [0.3, 0.4) is 0 Å². The van der Waals surface area contributed by atoms with Crippen LogP contribution in [0.25, 0.3) is 0 Å². The highest BCUT2D eigenvalue weighted by molar-refractivity contribution is 6.31. The molecule has 0 spiro atoms. The third kappa shape index (κ3) is 2.49. The van der Waals surface area contributed by atoms with Crippen molar-refractivity contribution in [1.29, 1.82) is 0 Å². The number of rotatable bonds is 5. The van der Waals surface area contributed by atoms with Crippen molar-refractivity contribution in [3.05, 3.63) is 16.9 Å². The fraction of sp³-hybridized carbons (Fsp3) is 0.750. The van der Waals surface area contributed by atoms with E-state index in [4.69, 9.17) is 17.3 Å². The molecule has 0 aliphatic rings. The molecule has 17 heavy (non-hydrogen) atoms. The quantitative estimate of drug-likeness (QED) is 0.882. The molecule has 0 fully saturated rings. The van der Waals surface area contributed by atoms with Gasteiger partial charge in [-0.2, -0.15) is 5.10 Å². The van der Waals surface area contributed by atoms with Gasteiger partial charge in [-0.05, 0) is 34.4 Å². The molecule has 4 nitrogen and oxygen atoms in total. The van der Waals surface area contributed by atoms with Crippen LogP contribution >= 0.6 is 11.6 Å². The van der Waals surface area contributed by atoms with Crippen LogP contribution < -0.4 is 5.73 Å². The molecule has 98 valence electrons. The minimum absolute atomic E-state index is 0.128. The molecule has 0 saturated carbocycles. The fourth-order valence-corrected chi connectivity index (χ4v) is 2.30. The van der Waals surface area contributed by atoms with E-state index in [1.54, 1.807) is 6.20 Å². The lowest BCUT2D eigenvalue weighted by Gasteiger charge is -2.41. The molecule has 0 amide bonds. The standard InChI is InChI=1S/C12H23ClN4/c1-6-12(3,16(4)5)11(14)10-9(13)8-15-17(10)7-2/h8,11H,6-7,14H2,1-5H3. The third-order valence-electron chi connectivity index (χ3n) is 3.83. The van der Waals surface area contributed by atoms with Gasteiger partial charge in [0.25, 0.3) is 0 Å². The first-order chi connectivity index (χ1) is 7.88. The van der Waals surface area contributed by atoms with E-state index < -0.39 is 0 Å². The molecule has 1 heterocycles. The van der Waals surface area contributed by atoms with Gasteiger partial charge in [0.2, 0.25) is 0 Å². The van der Waals surface area contributed by atoms with Crippen molar-refractivity contribution in [2.24, 2.45) is 5.73 Å². The Hall–Kier alpha value is -0.580. The van der Waals surface area contributed by atoms with Crippen LogP contribution in [0.5, 0.6) is 0 Å². The molecule has 0 bridgehead atoms. The summed E-state index contributed by atoms with van der Waals surface area (Å²) in [6.07, 6.45) is 2.62. The highest BCUT2D eigenvalue weighted by Crippen LogP contribution is 2.34. The Morgan fingerprint density at radius 2 is 2.12 bits per heavy atom. The van der Waals surface area contributed by atoms with Crippen LogP contribution in [0.1, 0.15) is 38.9 Å². The average molecular weight is 259 g/mol. The summed E-state index contributed by atoms with van der Waals surface area (Å²) in [5.74, 6) is 0. The second-order valence-electron chi connectivity index (χ2n) is 4.78. The molecular formula is C12H23ClN4. The van der Waals surface area contributed by atoms with Crippen molar-refractivity contribution in [3.8, 4) is 0 Å². The van der Waals surface area contributed by atoms with Crippen LogP contribution in [0.15, 0.2) is 6.20 Å². The predicted molar refractivity (Wildman–Crippen MR) is 72.2 cm³/mol. The molecule has 0 aliphatic carbocycles. The number of nitrogens with two attached hydrogens (primary N) is 1. The van der Waals surface area contributed by atoms with E-state index in [0.29, 0.717) is 5.02 Å². The van der Waals surface area contributed by atoms with Crippen molar-refractivity contribution in [3.63, 3.8) is 0 Å². The van der Waals surface area contributed by atoms with E-state index in [-0.39, 0.29) is 11.6 Å².